The van der Waals surface area contributed by atoms with Crippen molar-refractivity contribution in [2.75, 3.05) is 13.1 Å². The lowest BCUT2D eigenvalue weighted by Gasteiger charge is -2.25. The summed E-state index contributed by atoms with van der Waals surface area (Å²) in [5.74, 6) is 2.55. The fourth-order valence-electron chi connectivity index (χ4n) is 2.24. The van der Waals surface area contributed by atoms with Gasteiger partial charge >= 0.3 is 0 Å². The van der Waals surface area contributed by atoms with Gasteiger partial charge in [0.25, 0.3) is 0 Å². The molecule has 18 heavy (non-hydrogen) atoms. The Morgan fingerprint density at radius 3 is 2.50 bits per heavy atom. The number of hydrogen-bond acceptors (Lipinski definition) is 2. The summed E-state index contributed by atoms with van der Waals surface area (Å²) in [4.78, 5) is 4.49. The van der Waals surface area contributed by atoms with Crippen molar-refractivity contribution in [3.63, 3.8) is 0 Å². The highest BCUT2D eigenvalue weighted by Gasteiger charge is 2.17. The quantitative estimate of drug-likeness (QED) is 0.768. The molecule has 0 saturated carbocycles. The minimum Gasteiger partial charge on any atom is -0.330 e. The Balaban J connectivity index is 2.68. The second-order valence-electron chi connectivity index (χ2n) is 5.86. The van der Waals surface area contributed by atoms with Gasteiger partial charge in [-0.2, -0.15) is 0 Å². The first kappa shape index (κ1) is 15.2. The number of aromatic nitrogens is 2. The van der Waals surface area contributed by atoms with Gasteiger partial charge in [-0.1, -0.05) is 34.6 Å². The maximum absolute atomic E-state index is 4.49. The van der Waals surface area contributed by atoms with Crippen LogP contribution in [0.4, 0.5) is 0 Å². The summed E-state index contributed by atoms with van der Waals surface area (Å²) in [7, 11) is 0. The first-order chi connectivity index (χ1) is 8.56. The first-order valence-electron chi connectivity index (χ1n) is 7.28. The van der Waals surface area contributed by atoms with E-state index in [4.69, 9.17) is 0 Å². The van der Waals surface area contributed by atoms with Crippen LogP contribution >= 0.6 is 0 Å². The summed E-state index contributed by atoms with van der Waals surface area (Å²) >= 11 is 0. The van der Waals surface area contributed by atoms with E-state index < -0.39 is 0 Å². The van der Waals surface area contributed by atoms with Gasteiger partial charge in [0.1, 0.15) is 5.82 Å². The molecule has 0 amide bonds. The van der Waals surface area contributed by atoms with Gasteiger partial charge in [0.15, 0.2) is 0 Å². The van der Waals surface area contributed by atoms with Crippen LogP contribution < -0.4 is 5.32 Å². The van der Waals surface area contributed by atoms with Gasteiger partial charge in [-0.3, -0.25) is 0 Å². The molecule has 0 saturated heterocycles. The van der Waals surface area contributed by atoms with Crippen LogP contribution in [0.5, 0.6) is 0 Å². The van der Waals surface area contributed by atoms with E-state index in [9.17, 15) is 0 Å². The smallest absolute Gasteiger partial charge is 0.108 e. The molecule has 0 aromatic carbocycles. The van der Waals surface area contributed by atoms with Crippen LogP contribution in [0.3, 0.4) is 0 Å². The van der Waals surface area contributed by atoms with Crippen molar-refractivity contribution in [1.29, 1.82) is 0 Å². The van der Waals surface area contributed by atoms with Crippen molar-refractivity contribution in [3.05, 3.63) is 18.2 Å². The zero-order valence-electron chi connectivity index (χ0n) is 12.6. The zero-order chi connectivity index (χ0) is 13.5. The van der Waals surface area contributed by atoms with Crippen LogP contribution in [-0.4, -0.2) is 22.6 Å². The van der Waals surface area contributed by atoms with Crippen LogP contribution in [0, 0.1) is 11.8 Å². The number of nitrogens with one attached hydrogen (secondary N) is 1. The standard InChI is InChI=1S/C15H29N3/c1-6-7-15-17-8-9-18(15)14(13(4)5)11-16-10-12(2)3/h8-9,12-14,16H,6-7,10-11H2,1-5H3. The zero-order valence-corrected chi connectivity index (χ0v) is 12.6. The van der Waals surface area contributed by atoms with Crippen molar-refractivity contribution < 1.29 is 0 Å². The molecule has 0 spiro atoms. The van der Waals surface area contributed by atoms with E-state index in [0.717, 1.165) is 25.9 Å². The molecule has 0 fully saturated rings. The van der Waals surface area contributed by atoms with Crippen molar-refractivity contribution in [2.45, 2.75) is 53.5 Å². The van der Waals surface area contributed by atoms with E-state index >= 15 is 0 Å². The summed E-state index contributed by atoms with van der Waals surface area (Å²) in [6, 6.07) is 0.507. The molecule has 104 valence electrons. The lowest BCUT2D eigenvalue weighted by molar-refractivity contribution is 0.341. The summed E-state index contributed by atoms with van der Waals surface area (Å²) in [5, 5.41) is 3.58. The van der Waals surface area contributed by atoms with Crippen LogP contribution in [0.1, 0.15) is 52.9 Å². The van der Waals surface area contributed by atoms with Gasteiger partial charge in [-0.25, -0.2) is 4.98 Å². The van der Waals surface area contributed by atoms with E-state index in [-0.39, 0.29) is 0 Å². The molecule has 3 nitrogen and oxygen atoms in total. The van der Waals surface area contributed by atoms with Crippen molar-refractivity contribution in [2.24, 2.45) is 11.8 Å². The first-order valence-corrected chi connectivity index (χ1v) is 7.28. The van der Waals surface area contributed by atoms with Gasteiger partial charge in [0.05, 0.1) is 0 Å². The van der Waals surface area contributed by atoms with Crippen molar-refractivity contribution >= 4 is 0 Å². The molecular weight excluding hydrogens is 222 g/mol. The molecule has 0 aliphatic carbocycles. The van der Waals surface area contributed by atoms with Crippen LogP contribution in [0.2, 0.25) is 0 Å². The molecule has 0 bridgehead atoms. The highest BCUT2D eigenvalue weighted by molar-refractivity contribution is 4.96. The van der Waals surface area contributed by atoms with Crippen molar-refractivity contribution in [1.82, 2.24) is 14.9 Å². The maximum atomic E-state index is 4.49. The lowest BCUT2D eigenvalue weighted by atomic mass is 10.0. The van der Waals surface area contributed by atoms with Crippen molar-refractivity contribution in [3.8, 4) is 0 Å². The summed E-state index contributed by atoms with van der Waals surface area (Å²) in [6.45, 7) is 13.4. The number of hydrogen-bond donors (Lipinski definition) is 1. The van der Waals surface area contributed by atoms with Gasteiger partial charge in [0.2, 0.25) is 0 Å². The highest BCUT2D eigenvalue weighted by atomic mass is 15.1. The van der Waals surface area contributed by atoms with E-state index in [1.54, 1.807) is 0 Å². The van der Waals surface area contributed by atoms with Gasteiger partial charge in [-0.15, -0.1) is 0 Å². The molecule has 1 aromatic rings. The topological polar surface area (TPSA) is 29.9 Å². The third kappa shape index (κ3) is 4.45. The van der Waals surface area contributed by atoms with Crippen LogP contribution in [0.15, 0.2) is 12.4 Å². The molecular formula is C15H29N3. The molecule has 0 radical (unpaired) electrons. The largest absolute Gasteiger partial charge is 0.330 e. The fourth-order valence-corrected chi connectivity index (χ4v) is 2.24. The SMILES string of the molecule is CCCc1nccn1C(CNCC(C)C)C(C)C. The Morgan fingerprint density at radius 2 is 1.94 bits per heavy atom. The lowest BCUT2D eigenvalue weighted by Crippen LogP contribution is -2.31. The van der Waals surface area contributed by atoms with Gasteiger partial charge < -0.3 is 9.88 Å². The second kappa shape index (κ2) is 7.57. The van der Waals surface area contributed by atoms with E-state index in [1.165, 1.54) is 5.82 Å². The normalized spacial score (nSPS) is 13.5. The molecule has 1 N–H and O–H groups in total. The van der Waals surface area contributed by atoms with Gasteiger partial charge in [0, 0.05) is 31.4 Å². The van der Waals surface area contributed by atoms with E-state index in [2.05, 4.69) is 55.7 Å². The van der Waals surface area contributed by atoms with Crippen LogP contribution in [0.25, 0.3) is 0 Å². The molecule has 3 heteroatoms. The Kier molecular flexibility index (Phi) is 6.41. The van der Waals surface area contributed by atoms with Gasteiger partial charge in [-0.05, 0) is 24.8 Å². The molecule has 1 unspecified atom stereocenters. The van der Waals surface area contributed by atoms with Crippen LogP contribution in [-0.2, 0) is 6.42 Å². The van der Waals surface area contributed by atoms with E-state index in [0.29, 0.717) is 17.9 Å². The maximum Gasteiger partial charge on any atom is 0.108 e. The summed E-state index contributed by atoms with van der Waals surface area (Å²) in [6.07, 6.45) is 6.29. The molecule has 0 aliphatic heterocycles. The number of imidazole rings is 1. The third-order valence-corrected chi connectivity index (χ3v) is 3.26. The fraction of sp³-hybridized carbons (Fsp3) is 0.800. The average Bonchev–Trinajstić information content (AvgIpc) is 2.72. The summed E-state index contributed by atoms with van der Waals surface area (Å²) < 4.78 is 2.36. The number of nitrogens with zero attached hydrogens (tertiary/aromatic N) is 2. The predicted octanol–water partition coefficient (Wildman–Crippen LogP) is 3.28. The van der Waals surface area contributed by atoms with E-state index in [1.807, 2.05) is 6.20 Å². The molecule has 1 atom stereocenters. The Labute approximate surface area is 112 Å². The number of aryl methyl sites for hydroxylation is 1. The molecule has 0 aliphatic rings. The Morgan fingerprint density at radius 1 is 1.22 bits per heavy atom. The monoisotopic (exact) mass is 251 g/mol. The molecule has 1 aromatic heterocycles. The highest BCUT2D eigenvalue weighted by Crippen LogP contribution is 2.19. The predicted molar refractivity (Wildman–Crippen MR) is 77.8 cm³/mol. The Bertz CT molecular complexity index is 328. The summed E-state index contributed by atoms with van der Waals surface area (Å²) in [5.41, 5.74) is 0. The minimum atomic E-state index is 0.507. The average molecular weight is 251 g/mol. The third-order valence-electron chi connectivity index (χ3n) is 3.26. The number of rotatable bonds is 8. The minimum absolute atomic E-state index is 0.507. The molecule has 1 rings (SSSR count). The second-order valence-corrected chi connectivity index (χ2v) is 5.86. The Hall–Kier alpha value is -0.830. The molecule has 1 heterocycles.